The van der Waals surface area contributed by atoms with Crippen molar-refractivity contribution in [2.24, 2.45) is 0 Å². The highest BCUT2D eigenvalue weighted by atomic mass is 16.5. The molecule has 0 radical (unpaired) electrons. The summed E-state index contributed by atoms with van der Waals surface area (Å²) in [7, 11) is 0. The smallest absolute Gasteiger partial charge is 0.150 e. The molecule has 1 fully saturated rings. The Morgan fingerprint density at radius 3 is 3.29 bits per heavy atom. The van der Waals surface area contributed by atoms with Crippen molar-refractivity contribution in [2.75, 3.05) is 19.8 Å². The average molecular weight is 192 g/mol. The second-order valence-electron chi connectivity index (χ2n) is 3.21. The standard InChI is InChI=1S/C10H12N2O2/c13-6-8-1-2-11-9(5-8)10-7-14-4-3-12-10/h1-2,5-6,10,12H,3-4,7H2/t10-/m1/s1. The maximum absolute atomic E-state index is 10.6. The Morgan fingerprint density at radius 2 is 2.57 bits per heavy atom. The highest BCUT2D eigenvalue weighted by Gasteiger charge is 2.16. The van der Waals surface area contributed by atoms with Gasteiger partial charge in [-0.3, -0.25) is 9.78 Å². The van der Waals surface area contributed by atoms with E-state index in [0.717, 1.165) is 25.1 Å². The predicted octanol–water partition coefficient (Wildman–Crippen LogP) is 0.555. The molecule has 4 nitrogen and oxygen atoms in total. The second-order valence-corrected chi connectivity index (χ2v) is 3.21. The van der Waals surface area contributed by atoms with E-state index in [4.69, 9.17) is 4.74 Å². The van der Waals surface area contributed by atoms with E-state index in [1.165, 1.54) is 0 Å². The Kier molecular flexibility index (Phi) is 2.86. The van der Waals surface area contributed by atoms with Crippen LogP contribution >= 0.6 is 0 Å². The molecule has 0 amide bonds. The van der Waals surface area contributed by atoms with Crippen LogP contribution in [0.5, 0.6) is 0 Å². The quantitative estimate of drug-likeness (QED) is 0.695. The number of morpholine rings is 1. The lowest BCUT2D eigenvalue weighted by Gasteiger charge is -2.23. The minimum absolute atomic E-state index is 0.114. The van der Waals surface area contributed by atoms with E-state index in [1.807, 2.05) is 0 Å². The molecule has 1 saturated heterocycles. The molecule has 0 spiro atoms. The number of hydrogen-bond donors (Lipinski definition) is 1. The van der Waals surface area contributed by atoms with Crippen molar-refractivity contribution in [2.45, 2.75) is 6.04 Å². The second kappa shape index (κ2) is 4.30. The van der Waals surface area contributed by atoms with Crippen LogP contribution in [0.4, 0.5) is 0 Å². The van der Waals surface area contributed by atoms with Gasteiger partial charge in [-0.2, -0.15) is 0 Å². The predicted molar refractivity (Wildman–Crippen MR) is 51.2 cm³/mol. The van der Waals surface area contributed by atoms with E-state index in [2.05, 4.69) is 10.3 Å². The lowest BCUT2D eigenvalue weighted by molar-refractivity contribution is 0.0756. The Hall–Kier alpha value is -1.26. The molecule has 1 N–H and O–H groups in total. The summed E-state index contributed by atoms with van der Waals surface area (Å²) in [6.07, 6.45) is 2.48. The molecule has 14 heavy (non-hydrogen) atoms. The lowest BCUT2D eigenvalue weighted by Crippen LogP contribution is -2.35. The Morgan fingerprint density at radius 1 is 1.64 bits per heavy atom. The van der Waals surface area contributed by atoms with Crippen LogP contribution < -0.4 is 5.32 Å². The van der Waals surface area contributed by atoms with Gasteiger partial charge in [0.2, 0.25) is 0 Å². The molecule has 1 aliphatic rings. The number of pyridine rings is 1. The van der Waals surface area contributed by atoms with Gasteiger partial charge >= 0.3 is 0 Å². The number of ether oxygens (including phenoxy) is 1. The van der Waals surface area contributed by atoms with Crippen molar-refractivity contribution >= 4 is 6.29 Å². The van der Waals surface area contributed by atoms with E-state index < -0.39 is 0 Å². The largest absolute Gasteiger partial charge is 0.378 e. The van der Waals surface area contributed by atoms with E-state index in [9.17, 15) is 4.79 Å². The van der Waals surface area contributed by atoms with Gasteiger partial charge in [0, 0.05) is 18.3 Å². The van der Waals surface area contributed by atoms with Gasteiger partial charge in [0.1, 0.15) is 6.29 Å². The highest BCUT2D eigenvalue weighted by molar-refractivity contribution is 5.74. The van der Waals surface area contributed by atoms with Crippen molar-refractivity contribution in [3.8, 4) is 0 Å². The van der Waals surface area contributed by atoms with E-state index >= 15 is 0 Å². The fourth-order valence-electron chi connectivity index (χ4n) is 1.48. The summed E-state index contributed by atoms with van der Waals surface area (Å²) in [4.78, 5) is 14.8. The SMILES string of the molecule is O=Cc1ccnc([C@H]2COCCN2)c1. The van der Waals surface area contributed by atoms with Gasteiger partial charge in [0.25, 0.3) is 0 Å². The molecule has 1 aromatic heterocycles. The van der Waals surface area contributed by atoms with Crippen LogP contribution in [0.1, 0.15) is 22.1 Å². The average Bonchev–Trinajstić information content (AvgIpc) is 2.30. The number of aldehydes is 1. The number of hydrogen-bond acceptors (Lipinski definition) is 4. The van der Waals surface area contributed by atoms with Gasteiger partial charge in [-0.15, -0.1) is 0 Å². The summed E-state index contributed by atoms with van der Waals surface area (Å²) in [5.41, 5.74) is 1.52. The third kappa shape index (κ3) is 1.97. The van der Waals surface area contributed by atoms with Crippen LogP contribution in [-0.4, -0.2) is 31.0 Å². The summed E-state index contributed by atoms with van der Waals surface area (Å²) in [5, 5.41) is 3.28. The zero-order valence-electron chi connectivity index (χ0n) is 7.77. The fourth-order valence-corrected chi connectivity index (χ4v) is 1.48. The summed E-state index contributed by atoms with van der Waals surface area (Å²) >= 11 is 0. The number of nitrogens with one attached hydrogen (secondary N) is 1. The molecule has 0 aromatic carbocycles. The zero-order valence-corrected chi connectivity index (χ0v) is 7.77. The first-order valence-corrected chi connectivity index (χ1v) is 4.62. The van der Waals surface area contributed by atoms with Crippen LogP contribution in [0.15, 0.2) is 18.3 Å². The first-order valence-electron chi connectivity index (χ1n) is 4.62. The van der Waals surface area contributed by atoms with Gasteiger partial charge in [0.05, 0.1) is 24.9 Å². The summed E-state index contributed by atoms with van der Waals surface area (Å²) in [6.45, 7) is 2.19. The molecule has 74 valence electrons. The van der Waals surface area contributed by atoms with Crippen LogP contribution in [-0.2, 0) is 4.74 Å². The van der Waals surface area contributed by atoms with Crippen molar-refractivity contribution in [3.63, 3.8) is 0 Å². The van der Waals surface area contributed by atoms with E-state index in [0.29, 0.717) is 12.2 Å². The molecule has 1 aliphatic heterocycles. The molecule has 0 bridgehead atoms. The minimum atomic E-state index is 0.114. The number of rotatable bonds is 2. The van der Waals surface area contributed by atoms with Gasteiger partial charge in [-0.1, -0.05) is 0 Å². The molecule has 1 atom stereocenters. The van der Waals surface area contributed by atoms with Gasteiger partial charge in [-0.25, -0.2) is 0 Å². The van der Waals surface area contributed by atoms with Crippen LogP contribution in [0.2, 0.25) is 0 Å². The van der Waals surface area contributed by atoms with E-state index in [1.54, 1.807) is 18.3 Å². The summed E-state index contributed by atoms with van der Waals surface area (Å²) in [6, 6.07) is 3.60. The first-order chi connectivity index (χ1) is 6.90. The molecule has 2 heterocycles. The third-order valence-electron chi connectivity index (χ3n) is 2.22. The van der Waals surface area contributed by atoms with Crippen molar-refractivity contribution in [3.05, 3.63) is 29.6 Å². The number of carbonyl (C=O) groups is 1. The van der Waals surface area contributed by atoms with Gasteiger partial charge in [0.15, 0.2) is 0 Å². The van der Waals surface area contributed by atoms with E-state index in [-0.39, 0.29) is 6.04 Å². The van der Waals surface area contributed by atoms with Gasteiger partial charge < -0.3 is 10.1 Å². The zero-order chi connectivity index (χ0) is 9.80. The van der Waals surface area contributed by atoms with Gasteiger partial charge in [-0.05, 0) is 12.1 Å². The number of aromatic nitrogens is 1. The third-order valence-corrected chi connectivity index (χ3v) is 2.22. The molecule has 4 heteroatoms. The normalized spacial score (nSPS) is 21.9. The van der Waals surface area contributed by atoms with Crippen LogP contribution in [0, 0.1) is 0 Å². The first kappa shape index (κ1) is 9.30. The number of carbonyl (C=O) groups excluding carboxylic acids is 1. The fraction of sp³-hybridized carbons (Fsp3) is 0.400. The molecule has 1 aromatic rings. The lowest BCUT2D eigenvalue weighted by atomic mass is 10.1. The monoisotopic (exact) mass is 192 g/mol. The molecular formula is C10H12N2O2. The Bertz CT molecular complexity index is 322. The highest BCUT2D eigenvalue weighted by Crippen LogP contribution is 2.13. The van der Waals surface area contributed by atoms with Crippen molar-refractivity contribution in [1.82, 2.24) is 10.3 Å². The molecular weight excluding hydrogens is 180 g/mol. The maximum Gasteiger partial charge on any atom is 0.150 e. The topological polar surface area (TPSA) is 51.2 Å². The maximum atomic E-state index is 10.6. The van der Waals surface area contributed by atoms with Crippen molar-refractivity contribution < 1.29 is 9.53 Å². The Balaban J connectivity index is 2.17. The molecule has 2 rings (SSSR count). The van der Waals surface area contributed by atoms with Crippen LogP contribution in [0.3, 0.4) is 0 Å². The molecule has 0 aliphatic carbocycles. The van der Waals surface area contributed by atoms with Crippen molar-refractivity contribution in [1.29, 1.82) is 0 Å². The summed E-state index contributed by atoms with van der Waals surface area (Å²) in [5.74, 6) is 0. The van der Waals surface area contributed by atoms with Crippen LogP contribution in [0.25, 0.3) is 0 Å². The molecule has 0 unspecified atom stereocenters. The minimum Gasteiger partial charge on any atom is -0.378 e. The summed E-state index contributed by atoms with van der Waals surface area (Å²) < 4.78 is 5.32. The molecule has 0 saturated carbocycles. The number of nitrogens with zero attached hydrogens (tertiary/aromatic N) is 1. The Labute approximate surface area is 82.3 Å².